The smallest absolute Gasteiger partial charge is 0.335 e. The van der Waals surface area contributed by atoms with Crippen LogP contribution in [0.25, 0.3) is 21.4 Å². The Morgan fingerprint density at radius 3 is 2.69 bits per heavy atom. The largest absolute Gasteiger partial charge is 0.423 e. The van der Waals surface area contributed by atoms with E-state index in [1.165, 1.54) is 18.1 Å². The first-order valence-electron chi connectivity index (χ1n) is 11.6. The number of carbonyl (C=O) groups is 1. The second kappa shape index (κ2) is 9.69. The summed E-state index contributed by atoms with van der Waals surface area (Å²) in [6.07, 6.45) is 4.53. The van der Waals surface area contributed by atoms with Crippen LogP contribution in [0.3, 0.4) is 0 Å². The highest BCUT2D eigenvalue weighted by Crippen LogP contribution is 2.47. The number of aromatic nitrogens is 1. The van der Waals surface area contributed by atoms with Gasteiger partial charge in [-0.1, -0.05) is 43.3 Å². The number of hydrogen-bond donors (Lipinski definition) is 0. The molecule has 0 atom stereocenters. The molecule has 4 aromatic rings. The third-order valence-electron chi connectivity index (χ3n) is 6.58. The van der Waals surface area contributed by atoms with Crippen molar-refractivity contribution in [2.45, 2.75) is 26.2 Å². The van der Waals surface area contributed by atoms with E-state index in [2.05, 4.69) is 48.8 Å². The summed E-state index contributed by atoms with van der Waals surface area (Å²) >= 11 is 1.61. The Morgan fingerprint density at radius 1 is 1.14 bits per heavy atom. The average Bonchev–Trinajstić information content (AvgIpc) is 3.31. The topological polar surface area (TPSA) is 63.0 Å². The van der Waals surface area contributed by atoms with E-state index in [0.717, 1.165) is 50.9 Å². The number of benzene rings is 3. The molecule has 4 nitrogen and oxygen atoms in total. The Balaban J connectivity index is 1.84. The summed E-state index contributed by atoms with van der Waals surface area (Å²) in [4.78, 5) is 16.8. The summed E-state index contributed by atoms with van der Waals surface area (Å²) in [5.41, 5.74) is 9.74. The van der Waals surface area contributed by atoms with Gasteiger partial charge in [0, 0.05) is 11.6 Å². The van der Waals surface area contributed by atoms with Crippen LogP contribution in [0.2, 0.25) is 0 Å². The van der Waals surface area contributed by atoms with Gasteiger partial charge in [0.15, 0.2) is 0 Å². The highest BCUT2D eigenvalue weighted by atomic mass is 32.1. The molecule has 1 aliphatic rings. The van der Waals surface area contributed by atoms with Crippen LogP contribution in [-0.2, 0) is 4.79 Å². The number of rotatable bonds is 6. The predicted molar refractivity (Wildman–Crippen MR) is 141 cm³/mol. The van der Waals surface area contributed by atoms with Crippen LogP contribution in [0.15, 0.2) is 78.8 Å². The first-order chi connectivity index (χ1) is 17.1. The molecule has 5 rings (SSSR count). The summed E-state index contributed by atoms with van der Waals surface area (Å²) < 4.78 is 6.83. The standard InChI is InChI=1S/C30H24N2O2S/c1-3-28(33)34-26-10-5-4-9-24(26)30(22-12-14-27-25(16-22)32-18-35-27)29(21-7-6-8-21)23-13-11-20(17-31)15-19(23)2/h3-5,9-16,18,21H,1,6-8H2,2H3/b30-29+. The van der Waals surface area contributed by atoms with Gasteiger partial charge in [-0.3, -0.25) is 0 Å². The van der Waals surface area contributed by atoms with E-state index >= 15 is 0 Å². The number of aryl methyl sites for hydroxylation is 1. The molecule has 0 N–H and O–H groups in total. The fraction of sp³-hybridized carbons (Fsp3) is 0.167. The molecule has 0 amide bonds. The third-order valence-corrected chi connectivity index (χ3v) is 7.39. The average molecular weight is 477 g/mol. The summed E-state index contributed by atoms with van der Waals surface area (Å²) in [7, 11) is 0. The Labute approximate surface area is 208 Å². The third kappa shape index (κ3) is 4.41. The highest BCUT2D eigenvalue weighted by molar-refractivity contribution is 7.16. The van der Waals surface area contributed by atoms with Crippen molar-refractivity contribution in [1.29, 1.82) is 5.26 Å². The quantitative estimate of drug-likeness (QED) is 0.126. The normalized spacial score (nSPS) is 14.1. The van der Waals surface area contributed by atoms with Crippen molar-refractivity contribution < 1.29 is 9.53 Å². The molecule has 1 heterocycles. The fourth-order valence-corrected chi connectivity index (χ4v) is 5.33. The second-order valence-corrected chi connectivity index (χ2v) is 9.60. The lowest BCUT2D eigenvalue weighted by molar-refractivity contribution is -0.128. The maximum absolute atomic E-state index is 12.2. The van der Waals surface area contributed by atoms with E-state index in [9.17, 15) is 10.1 Å². The van der Waals surface area contributed by atoms with Gasteiger partial charge < -0.3 is 4.74 Å². The Bertz CT molecular complexity index is 1520. The van der Waals surface area contributed by atoms with Crippen LogP contribution >= 0.6 is 11.3 Å². The van der Waals surface area contributed by atoms with E-state index in [-0.39, 0.29) is 0 Å². The van der Waals surface area contributed by atoms with E-state index in [0.29, 0.717) is 17.2 Å². The zero-order valence-electron chi connectivity index (χ0n) is 19.5. The van der Waals surface area contributed by atoms with Gasteiger partial charge in [0.05, 0.1) is 27.4 Å². The maximum atomic E-state index is 12.2. The summed E-state index contributed by atoms with van der Waals surface area (Å²) in [5, 5.41) is 9.42. The molecule has 0 spiro atoms. The van der Waals surface area contributed by atoms with E-state index < -0.39 is 5.97 Å². The molecule has 0 unspecified atom stereocenters. The van der Waals surface area contributed by atoms with Gasteiger partial charge >= 0.3 is 5.97 Å². The first kappa shape index (κ1) is 22.8. The van der Waals surface area contributed by atoms with E-state index in [4.69, 9.17) is 4.74 Å². The van der Waals surface area contributed by atoms with Crippen molar-refractivity contribution in [3.8, 4) is 11.8 Å². The number of nitrogens with zero attached hydrogens (tertiary/aromatic N) is 2. The SMILES string of the molecule is C=CC(=O)Oc1ccccc1/C(=C(/c1ccc(C#N)cc1C)C1CCC1)c1ccc2scnc2c1. The number of esters is 1. The molecule has 35 heavy (non-hydrogen) atoms. The number of para-hydroxylation sites is 1. The molecule has 5 heteroatoms. The minimum atomic E-state index is -0.494. The van der Waals surface area contributed by atoms with Gasteiger partial charge in [-0.15, -0.1) is 11.3 Å². The molecular weight excluding hydrogens is 452 g/mol. The van der Waals surface area contributed by atoms with Crippen molar-refractivity contribution >= 4 is 38.7 Å². The van der Waals surface area contributed by atoms with Crippen molar-refractivity contribution in [2.75, 3.05) is 0 Å². The molecular formula is C30H24N2O2S. The van der Waals surface area contributed by atoms with Gasteiger partial charge in [0.25, 0.3) is 0 Å². The molecule has 1 aromatic heterocycles. The number of fused-ring (bicyclic) bond motifs is 1. The number of thiazole rings is 1. The van der Waals surface area contributed by atoms with Crippen LogP contribution in [0, 0.1) is 24.2 Å². The lowest BCUT2D eigenvalue weighted by Gasteiger charge is -2.32. The predicted octanol–water partition coefficient (Wildman–Crippen LogP) is 7.33. The molecule has 172 valence electrons. The minimum Gasteiger partial charge on any atom is -0.423 e. The van der Waals surface area contributed by atoms with Crippen LogP contribution in [0.1, 0.15) is 47.1 Å². The van der Waals surface area contributed by atoms with Gasteiger partial charge in [0.1, 0.15) is 5.75 Å². The molecule has 1 aliphatic carbocycles. The minimum absolute atomic E-state index is 0.367. The summed E-state index contributed by atoms with van der Waals surface area (Å²) in [5.74, 6) is 0.367. The zero-order valence-corrected chi connectivity index (χ0v) is 20.3. The second-order valence-electron chi connectivity index (χ2n) is 8.71. The molecule has 3 aromatic carbocycles. The molecule has 1 saturated carbocycles. The summed E-state index contributed by atoms with van der Waals surface area (Å²) in [6.45, 7) is 5.61. The van der Waals surface area contributed by atoms with Gasteiger partial charge in [-0.25, -0.2) is 9.78 Å². The van der Waals surface area contributed by atoms with Crippen molar-refractivity contribution in [1.82, 2.24) is 4.98 Å². The van der Waals surface area contributed by atoms with Crippen LogP contribution in [-0.4, -0.2) is 11.0 Å². The van der Waals surface area contributed by atoms with Gasteiger partial charge in [-0.2, -0.15) is 5.26 Å². The lowest BCUT2D eigenvalue weighted by atomic mass is 9.72. The number of ether oxygens (including phenoxy) is 1. The number of carbonyl (C=O) groups excluding carboxylic acids is 1. The molecule has 0 aliphatic heterocycles. The molecule has 0 radical (unpaired) electrons. The first-order valence-corrected chi connectivity index (χ1v) is 12.5. The van der Waals surface area contributed by atoms with Crippen LogP contribution in [0.5, 0.6) is 5.75 Å². The van der Waals surface area contributed by atoms with Gasteiger partial charge in [-0.05, 0) is 83.9 Å². The highest BCUT2D eigenvalue weighted by Gasteiger charge is 2.29. The van der Waals surface area contributed by atoms with Crippen LogP contribution < -0.4 is 4.74 Å². The fourth-order valence-electron chi connectivity index (χ4n) is 4.67. The number of allylic oxidation sites excluding steroid dienone is 1. The lowest BCUT2D eigenvalue weighted by Crippen LogP contribution is -2.16. The van der Waals surface area contributed by atoms with Crippen molar-refractivity contribution in [3.05, 3.63) is 107 Å². The number of nitriles is 1. The molecule has 0 saturated heterocycles. The summed E-state index contributed by atoms with van der Waals surface area (Å²) in [6, 6.07) is 22.1. The van der Waals surface area contributed by atoms with Gasteiger partial charge in [0.2, 0.25) is 0 Å². The monoisotopic (exact) mass is 476 g/mol. The Hall–Kier alpha value is -4.01. The maximum Gasteiger partial charge on any atom is 0.335 e. The zero-order chi connectivity index (χ0) is 24.4. The Morgan fingerprint density at radius 2 is 1.97 bits per heavy atom. The van der Waals surface area contributed by atoms with E-state index in [1.807, 2.05) is 41.9 Å². The van der Waals surface area contributed by atoms with Crippen molar-refractivity contribution in [3.63, 3.8) is 0 Å². The number of hydrogen-bond acceptors (Lipinski definition) is 5. The van der Waals surface area contributed by atoms with Crippen LogP contribution in [0.4, 0.5) is 0 Å². The Kier molecular flexibility index (Phi) is 6.31. The van der Waals surface area contributed by atoms with E-state index in [1.54, 1.807) is 11.3 Å². The molecule has 0 bridgehead atoms. The van der Waals surface area contributed by atoms with Crippen molar-refractivity contribution in [2.24, 2.45) is 5.92 Å². The molecule has 1 fully saturated rings.